The van der Waals surface area contributed by atoms with Gasteiger partial charge in [0.1, 0.15) is 11.5 Å². The summed E-state index contributed by atoms with van der Waals surface area (Å²) in [6.07, 6.45) is 4.14. The van der Waals surface area contributed by atoms with E-state index in [9.17, 15) is 4.79 Å². The molecule has 0 saturated carbocycles. The minimum atomic E-state index is -0.264. The zero-order chi connectivity index (χ0) is 19.7. The number of methoxy groups -OCH3 is 3. The second kappa shape index (κ2) is 7.31. The molecule has 0 unspecified atom stereocenters. The van der Waals surface area contributed by atoms with E-state index in [-0.39, 0.29) is 18.3 Å². The highest BCUT2D eigenvalue weighted by molar-refractivity contribution is 5.90. The van der Waals surface area contributed by atoms with Crippen molar-refractivity contribution in [2.45, 2.75) is 12.3 Å². The van der Waals surface area contributed by atoms with Gasteiger partial charge in [-0.1, -0.05) is 0 Å². The summed E-state index contributed by atoms with van der Waals surface area (Å²) in [4.78, 5) is 18.8. The molecule has 0 spiro atoms. The first kappa shape index (κ1) is 18.0. The molecule has 0 amide bonds. The molecule has 2 heterocycles. The van der Waals surface area contributed by atoms with Crippen LogP contribution in [0.3, 0.4) is 0 Å². The summed E-state index contributed by atoms with van der Waals surface area (Å²) < 4.78 is 15.8. The molecule has 0 aliphatic heterocycles. The Bertz CT molecular complexity index is 1060. The van der Waals surface area contributed by atoms with E-state index >= 15 is 0 Å². The molecule has 2 aromatic carbocycles. The number of esters is 1. The average molecular weight is 378 g/mol. The number of aromatic amines is 2. The standard InChI is InChI=1S/C22H22N2O4/c1-26-13-4-6-20-16(8-13)18(11-23-20)15(10-22(25)28-3)19-12-24-21-7-5-14(27-2)9-17(19)21/h4-9,11-12,15,23-24H,10H2,1-3H3. The van der Waals surface area contributed by atoms with Crippen molar-refractivity contribution in [2.24, 2.45) is 0 Å². The van der Waals surface area contributed by atoms with Crippen LogP contribution in [0, 0.1) is 0 Å². The van der Waals surface area contributed by atoms with E-state index < -0.39 is 0 Å². The Labute approximate surface area is 162 Å². The molecule has 2 N–H and O–H groups in total. The number of H-pyrrole nitrogens is 2. The normalized spacial score (nSPS) is 11.3. The van der Waals surface area contributed by atoms with Crippen LogP contribution in [0.5, 0.6) is 11.5 Å². The van der Waals surface area contributed by atoms with Gasteiger partial charge in [-0.05, 0) is 47.5 Å². The van der Waals surface area contributed by atoms with E-state index in [1.807, 2.05) is 48.8 Å². The number of ether oxygens (including phenoxy) is 3. The Kier molecular flexibility index (Phi) is 4.69. The van der Waals surface area contributed by atoms with Gasteiger partial charge in [-0.2, -0.15) is 0 Å². The van der Waals surface area contributed by atoms with Crippen LogP contribution in [0.1, 0.15) is 23.5 Å². The van der Waals surface area contributed by atoms with Crippen LogP contribution in [0.2, 0.25) is 0 Å². The molecule has 4 rings (SSSR count). The van der Waals surface area contributed by atoms with Gasteiger partial charge in [-0.25, -0.2) is 0 Å². The van der Waals surface area contributed by atoms with Gasteiger partial charge in [0.2, 0.25) is 0 Å². The van der Waals surface area contributed by atoms with Crippen LogP contribution < -0.4 is 9.47 Å². The van der Waals surface area contributed by atoms with Gasteiger partial charge in [0.25, 0.3) is 0 Å². The highest BCUT2D eigenvalue weighted by Crippen LogP contribution is 2.39. The van der Waals surface area contributed by atoms with Crippen molar-refractivity contribution in [3.05, 3.63) is 59.9 Å². The van der Waals surface area contributed by atoms with E-state index in [2.05, 4.69) is 9.97 Å². The smallest absolute Gasteiger partial charge is 0.306 e. The molecule has 2 aromatic heterocycles. The number of benzene rings is 2. The van der Waals surface area contributed by atoms with E-state index in [0.29, 0.717) is 0 Å². The minimum Gasteiger partial charge on any atom is -0.497 e. The number of hydrogen-bond donors (Lipinski definition) is 2. The lowest BCUT2D eigenvalue weighted by molar-refractivity contribution is -0.140. The van der Waals surface area contributed by atoms with Gasteiger partial charge in [0.05, 0.1) is 27.8 Å². The van der Waals surface area contributed by atoms with Crippen LogP contribution in [-0.4, -0.2) is 37.3 Å². The maximum Gasteiger partial charge on any atom is 0.306 e. The van der Waals surface area contributed by atoms with Gasteiger partial charge in [-0.3, -0.25) is 4.79 Å². The number of hydrogen-bond acceptors (Lipinski definition) is 4. The quantitative estimate of drug-likeness (QED) is 0.489. The third-order valence-corrected chi connectivity index (χ3v) is 5.19. The molecule has 0 aliphatic carbocycles. The number of carbonyl (C=O) groups is 1. The molecule has 0 aliphatic rings. The predicted molar refractivity (Wildman–Crippen MR) is 108 cm³/mol. The Morgan fingerprint density at radius 2 is 1.36 bits per heavy atom. The third kappa shape index (κ3) is 3.07. The van der Waals surface area contributed by atoms with Crippen molar-refractivity contribution in [3.63, 3.8) is 0 Å². The Morgan fingerprint density at radius 3 is 1.79 bits per heavy atom. The van der Waals surface area contributed by atoms with E-state index in [0.717, 1.165) is 44.4 Å². The number of nitrogens with one attached hydrogen (secondary N) is 2. The lowest BCUT2D eigenvalue weighted by atomic mass is 9.88. The first-order valence-corrected chi connectivity index (χ1v) is 9.01. The molecule has 0 radical (unpaired) electrons. The van der Waals surface area contributed by atoms with Gasteiger partial charge in [-0.15, -0.1) is 0 Å². The number of carbonyl (C=O) groups excluding carboxylic acids is 1. The first-order valence-electron chi connectivity index (χ1n) is 9.01. The third-order valence-electron chi connectivity index (χ3n) is 5.19. The maximum absolute atomic E-state index is 12.2. The summed E-state index contributed by atoms with van der Waals surface area (Å²) in [6.45, 7) is 0. The zero-order valence-corrected chi connectivity index (χ0v) is 16.0. The fourth-order valence-electron chi connectivity index (χ4n) is 3.71. The maximum atomic E-state index is 12.2. The van der Waals surface area contributed by atoms with E-state index in [1.165, 1.54) is 7.11 Å². The largest absolute Gasteiger partial charge is 0.497 e. The molecule has 0 saturated heterocycles. The summed E-state index contributed by atoms with van der Waals surface area (Å²) in [7, 11) is 4.70. The Hall–Kier alpha value is -3.41. The Balaban J connectivity index is 1.91. The van der Waals surface area contributed by atoms with Crippen molar-refractivity contribution in [2.75, 3.05) is 21.3 Å². The van der Waals surface area contributed by atoms with E-state index in [4.69, 9.17) is 14.2 Å². The molecular formula is C22H22N2O4. The van der Waals surface area contributed by atoms with Gasteiger partial charge >= 0.3 is 5.97 Å². The summed E-state index contributed by atoms with van der Waals surface area (Å²) >= 11 is 0. The highest BCUT2D eigenvalue weighted by Gasteiger charge is 2.25. The van der Waals surface area contributed by atoms with Crippen molar-refractivity contribution in [1.82, 2.24) is 9.97 Å². The van der Waals surface area contributed by atoms with Gasteiger partial charge < -0.3 is 24.2 Å². The van der Waals surface area contributed by atoms with Crippen molar-refractivity contribution in [3.8, 4) is 11.5 Å². The van der Waals surface area contributed by atoms with E-state index in [1.54, 1.807) is 14.2 Å². The fourth-order valence-corrected chi connectivity index (χ4v) is 3.71. The second-order valence-corrected chi connectivity index (χ2v) is 6.64. The van der Waals surface area contributed by atoms with Crippen molar-refractivity contribution < 1.29 is 19.0 Å². The highest BCUT2D eigenvalue weighted by atomic mass is 16.5. The zero-order valence-electron chi connectivity index (χ0n) is 16.0. The predicted octanol–water partition coefficient (Wildman–Crippen LogP) is 4.36. The Morgan fingerprint density at radius 1 is 0.857 bits per heavy atom. The molecule has 0 atom stereocenters. The van der Waals surface area contributed by atoms with Crippen molar-refractivity contribution >= 4 is 27.8 Å². The lowest BCUT2D eigenvalue weighted by Gasteiger charge is -2.16. The first-order chi connectivity index (χ1) is 13.6. The molecular weight excluding hydrogens is 356 g/mol. The SMILES string of the molecule is COC(=O)CC(c1c[nH]c2ccc(OC)cc12)c1c[nH]c2ccc(OC)cc12. The molecule has 0 fully saturated rings. The van der Waals surface area contributed by atoms with Gasteiger partial charge in [0.15, 0.2) is 0 Å². The second-order valence-electron chi connectivity index (χ2n) is 6.64. The van der Waals surface area contributed by atoms with Crippen LogP contribution in [0.4, 0.5) is 0 Å². The summed E-state index contributed by atoms with van der Waals surface area (Å²) in [5, 5.41) is 2.04. The monoisotopic (exact) mass is 378 g/mol. The molecule has 144 valence electrons. The minimum absolute atomic E-state index is 0.186. The van der Waals surface area contributed by atoms with Crippen LogP contribution in [0.15, 0.2) is 48.8 Å². The number of aromatic nitrogens is 2. The number of rotatable bonds is 6. The summed E-state index contributed by atoms with van der Waals surface area (Å²) in [5.41, 5.74) is 4.01. The number of fused-ring (bicyclic) bond motifs is 2. The lowest BCUT2D eigenvalue weighted by Crippen LogP contribution is -2.09. The van der Waals surface area contributed by atoms with Gasteiger partial charge in [0, 0.05) is 40.1 Å². The topological polar surface area (TPSA) is 76.3 Å². The fraction of sp³-hybridized carbons (Fsp3) is 0.227. The average Bonchev–Trinajstić information content (AvgIpc) is 3.35. The van der Waals surface area contributed by atoms with Crippen LogP contribution in [-0.2, 0) is 9.53 Å². The van der Waals surface area contributed by atoms with Crippen molar-refractivity contribution in [1.29, 1.82) is 0 Å². The molecule has 6 heteroatoms. The van der Waals surface area contributed by atoms with Crippen LogP contribution in [0.25, 0.3) is 21.8 Å². The van der Waals surface area contributed by atoms with Crippen LogP contribution >= 0.6 is 0 Å². The summed E-state index contributed by atoms with van der Waals surface area (Å²) in [6, 6.07) is 11.8. The summed E-state index contributed by atoms with van der Waals surface area (Å²) in [5.74, 6) is 1.09. The molecule has 6 nitrogen and oxygen atoms in total. The molecule has 28 heavy (non-hydrogen) atoms. The molecule has 0 bridgehead atoms. The molecule has 4 aromatic rings.